The predicted octanol–water partition coefficient (Wildman–Crippen LogP) is 3.51. The molecular formula is C16H18F3N3O2S. The second-order valence-electron chi connectivity index (χ2n) is 6.26. The smallest absolute Gasteiger partial charge is 0.351 e. The van der Waals surface area contributed by atoms with Crippen LogP contribution in [0.3, 0.4) is 0 Å². The molecule has 136 valence electrons. The third-order valence-corrected chi connectivity index (χ3v) is 5.40. The zero-order chi connectivity index (χ0) is 18.4. The Labute approximate surface area is 147 Å². The maximum atomic E-state index is 12.8. The van der Waals surface area contributed by atoms with E-state index in [1.54, 1.807) is 17.0 Å². The highest BCUT2D eigenvalue weighted by atomic mass is 32.1. The number of carbonyl (C=O) groups excluding carboxylic acids is 1. The molecule has 1 amide bonds. The lowest BCUT2D eigenvalue weighted by Gasteiger charge is -2.38. The van der Waals surface area contributed by atoms with Crippen LogP contribution in [-0.2, 0) is 6.18 Å². The van der Waals surface area contributed by atoms with Gasteiger partial charge in [0.15, 0.2) is 0 Å². The van der Waals surface area contributed by atoms with Crippen molar-refractivity contribution in [3.8, 4) is 10.6 Å². The predicted molar refractivity (Wildman–Crippen MR) is 87.6 cm³/mol. The minimum Gasteiger partial charge on any atom is -0.351 e. The Hall–Kier alpha value is -1.87. The Morgan fingerprint density at radius 3 is 2.68 bits per heavy atom. The maximum Gasteiger partial charge on any atom is 0.452 e. The van der Waals surface area contributed by atoms with Crippen LogP contribution in [0, 0.1) is 6.92 Å². The SMILES string of the molecule is Cc1c(-c2ccc(C(=O)N3CCN(C)C[C@H]3C)s2)noc1C(F)(F)F. The Bertz CT molecular complexity index is 784. The van der Waals surface area contributed by atoms with Crippen LogP contribution in [0.4, 0.5) is 13.2 Å². The van der Waals surface area contributed by atoms with Gasteiger partial charge in [-0.05, 0) is 33.0 Å². The Kier molecular flexibility index (Phi) is 4.63. The zero-order valence-corrected chi connectivity index (χ0v) is 14.9. The maximum absolute atomic E-state index is 12.8. The Morgan fingerprint density at radius 2 is 2.08 bits per heavy atom. The van der Waals surface area contributed by atoms with Gasteiger partial charge in [-0.2, -0.15) is 13.2 Å². The van der Waals surface area contributed by atoms with E-state index >= 15 is 0 Å². The highest BCUT2D eigenvalue weighted by molar-refractivity contribution is 7.17. The lowest BCUT2D eigenvalue weighted by atomic mass is 10.2. The molecule has 1 saturated heterocycles. The average Bonchev–Trinajstić information content (AvgIpc) is 3.12. The van der Waals surface area contributed by atoms with E-state index in [4.69, 9.17) is 0 Å². The van der Waals surface area contributed by atoms with Crippen molar-refractivity contribution in [2.24, 2.45) is 0 Å². The van der Waals surface area contributed by atoms with Crippen LogP contribution < -0.4 is 0 Å². The van der Waals surface area contributed by atoms with Gasteiger partial charge in [-0.1, -0.05) is 5.16 Å². The molecule has 2 aromatic rings. The second-order valence-corrected chi connectivity index (χ2v) is 7.34. The van der Waals surface area contributed by atoms with E-state index in [9.17, 15) is 18.0 Å². The summed E-state index contributed by atoms with van der Waals surface area (Å²) in [6.45, 7) is 5.52. The summed E-state index contributed by atoms with van der Waals surface area (Å²) in [5.74, 6) is -1.20. The molecule has 0 unspecified atom stereocenters. The van der Waals surface area contributed by atoms with Crippen molar-refractivity contribution >= 4 is 17.2 Å². The molecule has 2 aromatic heterocycles. The van der Waals surface area contributed by atoms with Crippen molar-refractivity contribution < 1.29 is 22.5 Å². The highest BCUT2D eigenvalue weighted by Crippen LogP contribution is 2.38. The molecule has 0 spiro atoms. The van der Waals surface area contributed by atoms with E-state index in [1.807, 2.05) is 14.0 Å². The summed E-state index contributed by atoms with van der Waals surface area (Å²) in [6, 6.07) is 3.33. The van der Waals surface area contributed by atoms with Crippen molar-refractivity contribution in [2.45, 2.75) is 26.1 Å². The monoisotopic (exact) mass is 373 g/mol. The van der Waals surface area contributed by atoms with Gasteiger partial charge < -0.3 is 14.3 Å². The first-order valence-corrected chi connectivity index (χ1v) is 8.63. The van der Waals surface area contributed by atoms with Gasteiger partial charge >= 0.3 is 6.18 Å². The minimum atomic E-state index is -4.58. The van der Waals surface area contributed by atoms with E-state index < -0.39 is 11.9 Å². The number of aromatic nitrogens is 1. The largest absolute Gasteiger partial charge is 0.452 e. The molecule has 1 aliphatic heterocycles. The number of thiophene rings is 1. The molecule has 0 aliphatic carbocycles. The molecular weight excluding hydrogens is 355 g/mol. The second kappa shape index (κ2) is 6.45. The lowest BCUT2D eigenvalue weighted by molar-refractivity contribution is -0.156. The van der Waals surface area contributed by atoms with Crippen LogP contribution in [0.15, 0.2) is 16.7 Å². The van der Waals surface area contributed by atoms with Gasteiger partial charge in [0.25, 0.3) is 5.91 Å². The number of alkyl halides is 3. The summed E-state index contributed by atoms with van der Waals surface area (Å²) in [7, 11) is 2.01. The average molecular weight is 373 g/mol. The summed E-state index contributed by atoms with van der Waals surface area (Å²) < 4.78 is 43.0. The lowest BCUT2D eigenvalue weighted by Crippen LogP contribution is -2.52. The molecule has 0 aromatic carbocycles. The number of hydrogen-bond acceptors (Lipinski definition) is 5. The first kappa shape index (κ1) is 17.9. The molecule has 3 heterocycles. The molecule has 0 saturated carbocycles. The standard InChI is InChI=1S/C16H18F3N3O2S/c1-9-8-21(3)6-7-22(9)15(23)12-5-4-11(25-12)13-10(2)14(24-20-13)16(17,18)19/h4-5,9H,6-8H2,1-3H3/t9-/m1/s1. The van der Waals surface area contributed by atoms with E-state index in [1.165, 1.54) is 6.92 Å². The first-order valence-electron chi connectivity index (χ1n) is 7.81. The molecule has 1 fully saturated rings. The number of rotatable bonds is 2. The van der Waals surface area contributed by atoms with Crippen LogP contribution in [0.2, 0.25) is 0 Å². The summed E-state index contributed by atoms with van der Waals surface area (Å²) >= 11 is 1.13. The summed E-state index contributed by atoms with van der Waals surface area (Å²) in [5.41, 5.74) is 0.0594. The molecule has 1 aliphatic rings. The summed E-state index contributed by atoms with van der Waals surface area (Å²) in [6.07, 6.45) is -4.58. The van der Waals surface area contributed by atoms with Crippen LogP contribution >= 0.6 is 11.3 Å². The van der Waals surface area contributed by atoms with Crippen molar-refractivity contribution in [1.29, 1.82) is 0 Å². The van der Waals surface area contributed by atoms with Gasteiger partial charge in [-0.15, -0.1) is 11.3 Å². The minimum absolute atomic E-state index is 0.0682. The van der Waals surface area contributed by atoms with Gasteiger partial charge in [0.05, 0.1) is 9.75 Å². The molecule has 9 heteroatoms. The molecule has 0 N–H and O–H groups in total. The van der Waals surface area contributed by atoms with Crippen LogP contribution in [0.25, 0.3) is 10.6 Å². The topological polar surface area (TPSA) is 49.6 Å². The summed E-state index contributed by atoms with van der Waals surface area (Å²) in [5, 5.41) is 3.55. The molecule has 0 bridgehead atoms. The number of piperazine rings is 1. The van der Waals surface area contributed by atoms with Crippen molar-refractivity contribution in [3.63, 3.8) is 0 Å². The third kappa shape index (κ3) is 3.43. The van der Waals surface area contributed by atoms with E-state index in [-0.39, 0.29) is 23.2 Å². The molecule has 5 nitrogen and oxygen atoms in total. The van der Waals surface area contributed by atoms with Crippen molar-refractivity contribution in [1.82, 2.24) is 15.0 Å². The van der Waals surface area contributed by atoms with Gasteiger partial charge in [0.2, 0.25) is 5.76 Å². The summed E-state index contributed by atoms with van der Waals surface area (Å²) in [4.78, 5) is 17.6. The van der Waals surface area contributed by atoms with Gasteiger partial charge in [-0.3, -0.25) is 4.79 Å². The van der Waals surface area contributed by atoms with Gasteiger partial charge in [0.1, 0.15) is 5.69 Å². The van der Waals surface area contributed by atoms with E-state index in [0.29, 0.717) is 16.3 Å². The highest BCUT2D eigenvalue weighted by Gasteiger charge is 2.39. The fourth-order valence-corrected chi connectivity index (χ4v) is 3.99. The molecule has 25 heavy (non-hydrogen) atoms. The number of hydrogen-bond donors (Lipinski definition) is 0. The van der Waals surface area contributed by atoms with Crippen LogP contribution in [-0.4, -0.2) is 53.6 Å². The van der Waals surface area contributed by atoms with Gasteiger partial charge in [0, 0.05) is 31.2 Å². The number of halogens is 3. The Balaban J connectivity index is 1.84. The Morgan fingerprint density at radius 1 is 1.36 bits per heavy atom. The normalized spacial score (nSPS) is 19.4. The van der Waals surface area contributed by atoms with Crippen LogP contribution in [0.1, 0.15) is 27.9 Å². The number of carbonyl (C=O) groups is 1. The fourth-order valence-electron chi connectivity index (χ4n) is 2.99. The number of nitrogens with zero attached hydrogens (tertiary/aromatic N) is 3. The number of likely N-dealkylation sites (N-methyl/N-ethyl adjacent to an activating group) is 1. The van der Waals surface area contributed by atoms with Gasteiger partial charge in [-0.25, -0.2) is 0 Å². The van der Waals surface area contributed by atoms with E-state index in [0.717, 1.165) is 24.4 Å². The van der Waals surface area contributed by atoms with Crippen molar-refractivity contribution in [3.05, 3.63) is 28.3 Å². The fraction of sp³-hybridized carbons (Fsp3) is 0.500. The molecule has 1 atom stereocenters. The van der Waals surface area contributed by atoms with Crippen molar-refractivity contribution in [2.75, 3.05) is 26.7 Å². The first-order chi connectivity index (χ1) is 11.7. The molecule has 0 radical (unpaired) electrons. The number of amides is 1. The van der Waals surface area contributed by atoms with Crippen LogP contribution in [0.5, 0.6) is 0 Å². The third-order valence-electron chi connectivity index (χ3n) is 4.32. The quantitative estimate of drug-likeness (QED) is 0.808. The zero-order valence-electron chi connectivity index (χ0n) is 14.1. The van der Waals surface area contributed by atoms with E-state index in [2.05, 4.69) is 14.6 Å². The molecule has 3 rings (SSSR count).